The summed E-state index contributed by atoms with van der Waals surface area (Å²) in [6, 6.07) is 4.53. The van der Waals surface area contributed by atoms with Gasteiger partial charge in [0.05, 0.1) is 6.04 Å². The van der Waals surface area contributed by atoms with Crippen molar-refractivity contribution >= 4 is 22.9 Å². The molecule has 0 spiro atoms. The molecule has 1 saturated carbocycles. The van der Waals surface area contributed by atoms with E-state index in [0.717, 1.165) is 23.5 Å². The van der Waals surface area contributed by atoms with Gasteiger partial charge in [0.2, 0.25) is 0 Å². The zero-order valence-electron chi connectivity index (χ0n) is 11.7. The predicted octanol–water partition coefficient (Wildman–Crippen LogP) is 2.44. The Morgan fingerprint density at radius 2 is 2.10 bits per heavy atom. The van der Waals surface area contributed by atoms with Gasteiger partial charge in [-0.25, -0.2) is 0 Å². The third-order valence-electron chi connectivity index (χ3n) is 4.33. The molecule has 3 aliphatic carbocycles. The van der Waals surface area contributed by atoms with Crippen molar-refractivity contribution in [1.29, 1.82) is 0 Å². The third-order valence-corrected chi connectivity index (χ3v) is 4.57. The summed E-state index contributed by atoms with van der Waals surface area (Å²) in [5, 5.41) is 17.6. The molecule has 0 radical (unpaired) electrons. The van der Waals surface area contributed by atoms with Crippen LogP contribution >= 0.6 is 12.2 Å². The molecule has 1 aromatic rings. The molecule has 0 bridgehead atoms. The highest BCUT2D eigenvalue weighted by Crippen LogP contribution is 2.38. The molecule has 3 N–H and O–H groups in total. The van der Waals surface area contributed by atoms with E-state index in [-0.39, 0.29) is 6.04 Å². The number of nitrogens with one attached hydrogen (secondary N) is 2. The second-order valence-electron chi connectivity index (χ2n) is 6.03. The van der Waals surface area contributed by atoms with Crippen molar-refractivity contribution in [1.82, 2.24) is 10.6 Å². The second-order valence-corrected chi connectivity index (χ2v) is 6.44. The Morgan fingerprint density at radius 3 is 2.90 bits per heavy atom. The minimum absolute atomic E-state index is 0.134. The molecular formula is C17H18N2OS. The van der Waals surface area contributed by atoms with Crippen LogP contribution in [0.5, 0.6) is 5.75 Å². The van der Waals surface area contributed by atoms with E-state index in [9.17, 15) is 5.11 Å². The maximum Gasteiger partial charge on any atom is 0.166 e. The van der Waals surface area contributed by atoms with Crippen molar-refractivity contribution in [2.75, 3.05) is 0 Å². The Bertz CT molecular complexity index is 674. The fourth-order valence-corrected chi connectivity index (χ4v) is 3.49. The monoisotopic (exact) mass is 298 g/mol. The Kier molecular flexibility index (Phi) is 3.00. The first kappa shape index (κ1) is 12.9. The number of thiocarbonyl (C=S) groups is 1. The molecule has 0 saturated heterocycles. The fraction of sp³-hybridized carbons (Fsp3) is 0.353. The summed E-state index contributed by atoms with van der Waals surface area (Å²) >= 11 is 5.37. The van der Waals surface area contributed by atoms with Crippen LogP contribution in [0.1, 0.15) is 29.5 Å². The van der Waals surface area contributed by atoms with Gasteiger partial charge in [0.1, 0.15) is 5.75 Å². The highest BCUT2D eigenvalue weighted by molar-refractivity contribution is 7.80. The Labute approximate surface area is 129 Å². The Hall–Kier alpha value is -1.81. The molecule has 1 atom stereocenters. The molecule has 4 rings (SSSR count). The molecule has 1 fully saturated rings. The summed E-state index contributed by atoms with van der Waals surface area (Å²) in [5.41, 5.74) is 4.76. The van der Waals surface area contributed by atoms with E-state index in [1.807, 2.05) is 12.1 Å². The van der Waals surface area contributed by atoms with Crippen LogP contribution in [0.15, 0.2) is 30.4 Å². The largest absolute Gasteiger partial charge is 0.508 e. The summed E-state index contributed by atoms with van der Waals surface area (Å²) in [4.78, 5) is 0. The van der Waals surface area contributed by atoms with Crippen LogP contribution in [0.4, 0.5) is 0 Å². The standard InChI is InChI=1S/C17H18N2OS/c20-15-7-4-10-2-1-3-11-8-13(9-14(15)16(10)11)19-17(21)18-12-5-6-12/h1,3-4,7-8,12-13,20H,2,5-6,9H2,(H2,18,19,21). The van der Waals surface area contributed by atoms with Gasteiger partial charge in [0.15, 0.2) is 5.11 Å². The minimum atomic E-state index is 0.134. The molecule has 0 amide bonds. The van der Waals surface area contributed by atoms with E-state index in [0.29, 0.717) is 11.8 Å². The van der Waals surface area contributed by atoms with Crippen LogP contribution in [0, 0.1) is 0 Å². The van der Waals surface area contributed by atoms with Crippen LogP contribution in [0.25, 0.3) is 5.57 Å². The van der Waals surface area contributed by atoms with E-state index >= 15 is 0 Å². The van der Waals surface area contributed by atoms with Crippen molar-refractivity contribution in [3.05, 3.63) is 47.1 Å². The number of rotatable bonds is 2. The molecule has 0 aromatic heterocycles. The molecule has 3 nitrogen and oxygen atoms in total. The van der Waals surface area contributed by atoms with Gasteiger partial charge in [-0.15, -0.1) is 0 Å². The van der Waals surface area contributed by atoms with Crippen molar-refractivity contribution in [2.24, 2.45) is 0 Å². The lowest BCUT2D eigenvalue weighted by Gasteiger charge is -2.29. The molecule has 3 aliphatic rings. The van der Waals surface area contributed by atoms with Gasteiger partial charge in [-0.3, -0.25) is 0 Å². The van der Waals surface area contributed by atoms with Gasteiger partial charge in [-0.1, -0.05) is 24.3 Å². The van der Waals surface area contributed by atoms with E-state index in [1.54, 1.807) is 0 Å². The third kappa shape index (κ3) is 2.44. The molecule has 4 heteroatoms. The van der Waals surface area contributed by atoms with Crippen LogP contribution in [-0.4, -0.2) is 22.3 Å². The first-order valence-electron chi connectivity index (χ1n) is 7.50. The average Bonchev–Trinajstić information content (AvgIpc) is 3.26. The maximum atomic E-state index is 10.2. The minimum Gasteiger partial charge on any atom is -0.508 e. The zero-order chi connectivity index (χ0) is 14.4. The summed E-state index contributed by atoms with van der Waals surface area (Å²) < 4.78 is 0. The summed E-state index contributed by atoms with van der Waals surface area (Å²) in [7, 11) is 0. The molecule has 108 valence electrons. The Balaban J connectivity index is 1.61. The smallest absolute Gasteiger partial charge is 0.166 e. The topological polar surface area (TPSA) is 44.3 Å². The first-order valence-corrected chi connectivity index (χ1v) is 7.91. The van der Waals surface area contributed by atoms with Gasteiger partial charge in [0.25, 0.3) is 0 Å². The van der Waals surface area contributed by atoms with E-state index in [2.05, 4.69) is 28.9 Å². The second kappa shape index (κ2) is 4.88. The van der Waals surface area contributed by atoms with Gasteiger partial charge >= 0.3 is 0 Å². The van der Waals surface area contributed by atoms with Crippen molar-refractivity contribution in [2.45, 2.75) is 37.8 Å². The average molecular weight is 298 g/mol. The fourth-order valence-electron chi connectivity index (χ4n) is 3.17. The summed E-state index contributed by atoms with van der Waals surface area (Å²) in [6.45, 7) is 0. The van der Waals surface area contributed by atoms with E-state index < -0.39 is 0 Å². The van der Waals surface area contributed by atoms with Crippen molar-refractivity contribution < 1.29 is 5.11 Å². The maximum absolute atomic E-state index is 10.2. The highest BCUT2D eigenvalue weighted by Gasteiger charge is 2.27. The SMILES string of the molecule is Oc1ccc2c3c1CC(NC(=S)NC1CC1)C=C3C=CC2. The van der Waals surface area contributed by atoms with Gasteiger partial charge in [-0.05, 0) is 54.2 Å². The normalized spacial score (nSPS) is 22.3. The number of allylic oxidation sites excluding steroid dienone is 3. The number of hydrogen-bond donors (Lipinski definition) is 3. The van der Waals surface area contributed by atoms with Crippen LogP contribution < -0.4 is 10.6 Å². The molecule has 1 unspecified atom stereocenters. The molecule has 21 heavy (non-hydrogen) atoms. The zero-order valence-corrected chi connectivity index (χ0v) is 12.5. The van der Waals surface area contributed by atoms with Gasteiger partial charge in [-0.2, -0.15) is 0 Å². The summed E-state index contributed by atoms with van der Waals surface area (Å²) in [6.07, 6.45) is 10.7. The Morgan fingerprint density at radius 1 is 1.24 bits per heavy atom. The van der Waals surface area contributed by atoms with Gasteiger partial charge in [0, 0.05) is 18.0 Å². The van der Waals surface area contributed by atoms with Crippen molar-refractivity contribution in [3.63, 3.8) is 0 Å². The molecule has 0 aliphatic heterocycles. The number of benzene rings is 1. The van der Waals surface area contributed by atoms with Gasteiger partial charge < -0.3 is 15.7 Å². The van der Waals surface area contributed by atoms with Crippen LogP contribution in [0.2, 0.25) is 0 Å². The number of phenolic OH excluding ortho intramolecular Hbond substituents is 1. The quantitative estimate of drug-likeness (QED) is 0.734. The molecular weight excluding hydrogens is 280 g/mol. The summed E-state index contributed by atoms with van der Waals surface area (Å²) in [5.74, 6) is 0.391. The number of hydrogen-bond acceptors (Lipinski definition) is 2. The predicted molar refractivity (Wildman–Crippen MR) is 88.3 cm³/mol. The number of phenols is 1. The molecule has 1 aromatic carbocycles. The highest BCUT2D eigenvalue weighted by atomic mass is 32.1. The molecule has 0 heterocycles. The lowest BCUT2D eigenvalue weighted by atomic mass is 9.81. The van der Waals surface area contributed by atoms with E-state index in [4.69, 9.17) is 12.2 Å². The van der Waals surface area contributed by atoms with Crippen LogP contribution in [-0.2, 0) is 12.8 Å². The lowest BCUT2D eigenvalue weighted by molar-refractivity contribution is 0.464. The van der Waals surface area contributed by atoms with Crippen LogP contribution in [0.3, 0.4) is 0 Å². The van der Waals surface area contributed by atoms with E-state index in [1.165, 1.54) is 29.5 Å². The lowest BCUT2D eigenvalue weighted by Crippen LogP contribution is -2.43. The number of aromatic hydroxyl groups is 1. The first-order chi connectivity index (χ1) is 10.2. The van der Waals surface area contributed by atoms with Crippen molar-refractivity contribution in [3.8, 4) is 5.75 Å².